The SMILES string of the molecule is Bc1cccc(Nc2ccc(C(=O)OC)cc2N)c1. The van der Waals surface area contributed by atoms with Crippen molar-refractivity contribution in [2.24, 2.45) is 0 Å². The van der Waals surface area contributed by atoms with Crippen molar-refractivity contribution in [1.82, 2.24) is 0 Å². The van der Waals surface area contributed by atoms with Gasteiger partial charge in [-0.25, -0.2) is 4.79 Å². The molecule has 0 aliphatic rings. The van der Waals surface area contributed by atoms with Crippen molar-refractivity contribution in [3.8, 4) is 0 Å². The molecule has 0 amide bonds. The van der Waals surface area contributed by atoms with Gasteiger partial charge in [-0.1, -0.05) is 17.6 Å². The monoisotopic (exact) mass is 254 g/mol. The van der Waals surface area contributed by atoms with Crippen molar-refractivity contribution >= 4 is 36.3 Å². The highest BCUT2D eigenvalue weighted by molar-refractivity contribution is 6.32. The van der Waals surface area contributed by atoms with Crippen LogP contribution in [0.1, 0.15) is 10.4 Å². The summed E-state index contributed by atoms with van der Waals surface area (Å²) in [5.74, 6) is -0.395. The molecule has 2 aromatic rings. The molecular formula is C14H15BN2O2. The van der Waals surface area contributed by atoms with Gasteiger partial charge in [0.15, 0.2) is 0 Å². The zero-order chi connectivity index (χ0) is 13.8. The van der Waals surface area contributed by atoms with E-state index in [9.17, 15) is 4.79 Å². The number of carbonyl (C=O) groups excluding carboxylic acids is 1. The van der Waals surface area contributed by atoms with Gasteiger partial charge in [-0.2, -0.15) is 0 Å². The van der Waals surface area contributed by atoms with Gasteiger partial charge >= 0.3 is 5.97 Å². The number of benzene rings is 2. The van der Waals surface area contributed by atoms with Gasteiger partial charge < -0.3 is 15.8 Å². The van der Waals surface area contributed by atoms with Crippen LogP contribution in [0.25, 0.3) is 0 Å². The molecule has 2 aromatic carbocycles. The Labute approximate surface area is 113 Å². The predicted molar refractivity (Wildman–Crippen MR) is 80.1 cm³/mol. The summed E-state index contributed by atoms with van der Waals surface area (Å²) in [5, 5.41) is 3.22. The Morgan fingerprint density at radius 2 is 2.05 bits per heavy atom. The van der Waals surface area contributed by atoms with Gasteiger partial charge in [-0.3, -0.25) is 0 Å². The zero-order valence-electron chi connectivity index (χ0n) is 10.9. The fourth-order valence-corrected chi connectivity index (χ4v) is 1.80. The average Bonchev–Trinajstić information content (AvgIpc) is 2.40. The summed E-state index contributed by atoms with van der Waals surface area (Å²) in [6.45, 7) is 0. The first kappa shape index (κ1) is 13.0. The van der Waals surface area contributed by atoms with Gasteiger partial charge in [0.05, 0.1) is 24.0 Å². The number of nitrogens with two attached hydrogens (primary N) is 1. The van der Waals surface area contributed by atoms with Gasteiger partial charge in [0.2, 0.25) is 0 Å². The topological polar surface area (TPSA) is 64.3 Å². The van der Waals surface area contributed by atoms with Crippen LogP contribution in [0.4, 0.5) is 17.1 Å². The molecule has 4 nitrogen and oxygen atoms in total. The minimum absolute atomic E-state index is 0.395. The highest BCUT2D eigenvalue weighted by atomic mass is 16.5. The molecule has 0 saturated heterocycles. The molecule has 19 heavy (non-hydrogen) atoms. The lowest BCUT2D eigenvalue weighted by atomic mass is 9.96. The lowest BCUT2D eigenvalue weighted by molar-refractivity contribution is 0.0601. The molecule has 0 unspecified atom stereocenters. The third-order valence-corrected chi connectivity index (χ3v) is 2.77. The maximum absolute atomic E-state index is 11.4. The van der Waals surface area contributed by atoms with Crippen molar-refractivity contribution < 1.29 is 9.53 Å². The van der Waals surface area contributed by atoms with Gasteiger partial charge in [-0.05, 0) is 30.3 Å². The molecule has 2 rings (SSSR count). The molecule has 0 spiro atoms. The van der Waals surface area contributed by atoms with E-state index in [4.69, 9.17) is 5.73 Å². The van der Waals surface area contributed by atoms with Crippen LogP contribution >= 0.6 is 0 Å². The van der Waals surface area contributed by atoms with Gasteiger partial charge in [-0.15, -0.1) is 0 Å². The highest BCUT2D eigenvalue weighted by Crippen LogP contribution is 2.24. The van der Waals surface area contributed by atoms with E-state index < -0.39 is 5.97 Å². The molecule has 0 aliphatic heterocycles. The average molecular weight is 254 g/mol. The summed E-state index contributed by atoms with van der Waals surface area (Å²) in [6, 6.07) is 13.0. The van der Waals surface area contributed by atoms with Crippen LogP contribution in [0.15, 0.2) is 42.5 Å². The molecule has 0 bridgehead atoms. The fourth-order valence-electron chi connectivity index (χ4n) is 1.80. The number of carbonyl (C=O) groups is 1. The van der Waals surface area contributed by atoms with E-state index in [-0.39, 0.29) is 0 Å². The van der Waals surface area contributed by atoms with Crippen LogP contribution in [0.2, 0.25) is 0 Å². The first-order chi connectivity index (χ1) is 9.10. The van der Waals surface area contributed by atoms with Gasteiger partial charge in [0, 0.05) is 5.69 Å². The molecular weight excluding hydrogens is 239 g/mol. The molecule has 0 heterocycles. The molecule has 0 radical (unpaired) electrons. The minimum Gasteiger partial charge on any atom is -0.465 e. The molecule has 0 aromatic heterocycles. The maximum atomic E-state index is 11.4. The number of esters is 1. The molecule has 5 heteroatoms. The summed E-state index contributed by atoms with van der Waals surface area (Å²) in [4.78, 5) is 11.4. The minimum atomic E-state index is -0.395. The Morgan fingerprint density at radius 3 is 2.68 bits per heavy atom. The molecule has 3 N–H and O–H groups in total. The van der Waals surface area contributed by atoms with E-state index in [1.807, 2.05) is 32.1 Å². The fraction of sp³-hybridized carbons (Fsp3) is 0.0714. The van der Waals surface area contributed by atoms with Crippen LogP contribution < -0.4 is 16.5 Å². The van der Waals surface area contributed by atoms with Crippen LogP contribution in [0.5, 0.6) is 0 Å². The summed E-state index contributed by atoms with van der Waals surface area (Å²) in [7, 11) is 3.37. The van der Waals surface area contributed by atoms with Crippen LogP contribution in [0.3, 0.4) is 0 Å². The first-order valence-corrected chi connectivity index (χ1v) is 5.91. The van der Waals surface area contributed by atoms with E-state index >= 15 is 0 Å². The maximum Gasteiger partial charge on any atom is 0.337 e. The lowest BCUT2D eigenvalue weighted by Gasteiger charge is -2.11. The van der Waals surface area contributed by atoms with Crippen molar-refractivity contribution in [1.29, 1.82) is 0 Å². The number of nitrogen functional groups attached to an aromatic ring is 1. The Hall–Kier alpha value is -2.43. The number of hydrogen-bond donors (Lipinski definition) is 2. The van der Waals surface area contributed by atoms with Crippen LogP contribution in [-0.4, -0.2) is 20.9 Å². The van der Waals surface area contributed by atoms with Crippen molar-refractivity contribution in [2.45, 2.75) is 0 Å². The Bertz CT molecular complexity index is 614. The van der Waals surface area contributed by atoms with Gasteiger partial charge in [0.25, 0.3) is 0 Å². The number of rotatable bonds is 3. The van der Waals surface area contributed by atoms with Crippen molar-refractivity contribution in [3.05, 3.63) is 48.0 Å². The second kappa shape index (κ2) is 5.48. The highest BCUT2D eigenvalue weighted by Gasteiger charge is 2.08. The molecule has 0 atom stereocenters. The van der Waals surface area contributed by atoms with Crippen molar-refractivity contribution in [3.63, 3.8) is 0 Å². The second-order valence-electron chi connectivity index (χ2n) is 4.29. The number of ether oxygens (including phenoxy) is 1. The molecule has 0 fully saturated rings. The molecule has 0 saturated carbocycles. The Kier molecular flexibility index (Phi) is 3.75. The van der Waals surface area contributed by atoms with E-state index in [2.05, 4.69) is 10.1 Å². The van der Waals surface area contributed by atoms with E-state index in [0.717, 1.165) is 16.8 Å². The largest absolute Gasteiger partial charge is 0.465 e. The number of nitrogens with one attached hydrogen (secondary N) is 1. The predicted octanol–water partition coefficient (Wildman–Crippen LogP) is 1.06. The summed E-state index contributed by atoms with van der Waals surface area (Å²) >= 11 is 0. The lowest BCUT2D eigenvalue weighted by Crippen LogP contribution is -2.05. The third-order valence-electron chi connectivity index (χ3n) is 2.77. The second-order valence-corrected chi connectivity index (χ2v) is 4.29. The number of hydrogen-bond acceptors (Lipinski definition) is 4. The summed E-state index contributed by atoms with van der Waals surface area (Å²) < 4.78 is 4.65. The number of anilines is 3. The standard InChI is InChI=1S/C14H15BN2O2/c1-19-14(18)9-5-6-13(12(16)7-9)17-11-4-2-3-10(15)8-11/h2-8,17H,15-16H2,1H3. The summed E-state index contributed by atoms with van der Waals surface area (Å²) in [5.41, 5.74) is 9.75. The quantitative estimate of drug-likeness (QED) is 0.488. The Balaban J connectivity index is 2.24. The van der Waals surface area contributed by atoms with Gasteiger partial charge in [0.1, 0.15) is 7.85 Å². The normalized spacial score (nSPS) is 9.95. The zero-order valence-corrected chi connectivity index (χ0v) is 10.9. The van der Waals surface area contributed by atoms with Crippen LogP contribution in [0, 0.1) is 0 Å². The van der Waals surface area contributed by atoms with Crippen LogP contribution in [-0.2, 0) is 4.74 Å². The number of methoxy groups -OCH3 is 1. The molecule has 96 valence electrons. The third kappa shape index (κ3) is 3.07. The molecule has 0 aliphatic carbocycles. The van der Waals surface area contributed by atoms with E-state index in [0.29, 0.717) is 11.3 Å². The van der Waals surface area contributed by atoms with E-state index in [1.54, 1.807) is 18.2 Å². The van der Waals surface area contributed by atoms with E-state index in [1.165, 1.54) is 7.11 Å². The Morgan fingerprint density at radius 1 is 1.26 bits per heavy atom. The smallest absolute Gasteiger partial charge is 0.337 e. The first-order valence-electron chi connectivity index (χ1n) is 5.91. The summed E-state index contributed by atoms with van der Waals surface area (Å²) in [6.07, 6.45) is 0. The van der Waals surface area contributed by atoms with Crippen molar-refractivity contribution in [2.75, 3.05) is 18.2 Å².